The first-order chi connectivity index (χ1) is 33.8. The van der Waals surface area contributed by atoms with E-state index >= 15 is 0 Å². The number of rotatable bonds is 23. The summed E-state index contributed by atoms with van der Waals surface area (Å²) in [4.78, 5) is 129. The van der Waals surface area contributed by atoms with E-state index in [1.165, 1.54) is 18.7 Å². The van der Waals surface area contributed by atoms with Crippen LogP contribution in [0, 0.1) is 11.8 Å². The van der Waals surface area contributed by atoms with Crippen LogP contribution in [0.1, 0.15) is 125 Å². The predicted octanol–water partition coefficient (Wildman–Crippen LogP) is 2.32. The molecule has 4 rings (SSSR count). The van der Waals surface area contributed by atoms with E-state index in [2.05, 4.69) is 37.2 Å². The number of carbonyl (C=O) groups excluding carboxylic acids is 9. The van der Waals surface area contributed by atoms with E-state index < -0.39 is 90.4 Å². The van der Waals surface area contributed by atoms with E-state index in [4.69, 9.17) is 15.6 Å². The summed E-state index contributed by atoms with van der Waals surface area (Å²) < 4.78 is 31.7. The van der Waals surface area contributed by atoms with Crippen molar-refractivity contribution in [3.63, 3.8) is 0 Å². The highest BCUT2D eigenvalue weighted by molar-refractivity contribution is 6.30. The van der Waals surface area contributed by atoms with Gasteiger partial charge < -0.3 is 53.0 Å². The van der Waals surface area contributed by atoms with Crippen molar-refractivity contribution in [2.45, 2.75) is 136 Å². The van der Waals surface area contributed by atoms with Crippen molar-refractivity contribution in [1.82, 2.24) is 36.8 Å². The van der Waals surface area contributed by atoms with E-state index in [1.54, 1.807) is 42.5 Å². The maximum Gasteiger partial charge on any atom is 0.490 e. The van der Waals surface area contributed by atoms with Gasteiger partial charge in [0, 0.05) is 42.0 Å². The Bertz CT molecular complexity index is 2310. The topological polar surface area (TPSA) is 304 Å². The van der Waals surface area contributed by atoms with Gasteiger partial charge in [0.05, 0.1) is 18.2 Å². The Kier molecular flexibility index (Phi) is 22.8. The lowest BCUT2D eigenvalue weighted by Gasteiger charge is -2.29. The summed E-state index contributed by atoms with van der Waals surface area (Å²) in [5, 5.41) is 26.5. The number of hydrogen-bond donors (Lipinski definition) is 9. The molecule has 7 amide bonds. The monoisotopic (exact) mass is 1020 g/mol. The molecule has 0 aromatic heterocycles. The zero-order valence-electron chi connectivity index (χ0n) is 41.6. The molecule has 72 heavy (non-hydrogen) atoms. The summed E-state index contributed by atoms with van der Waals surface area (Å²) in [6.07, 6.45) is -2.27. The van der Waals surface area contributed by atoms with E-state index in [0.29, 0.717) is 66.7 Å². The average molecular weight is 1020 g/mol. The summed E-state index contributed by atoms with van der Waals surface area (Å²) in [5.41, 5.74) is 7.52. The zero-order valence-corrected chi connectivity index (χ0v) is 41.6. The van der Waals surface area contributed by atoms with Gasteiger partial charge in [-0.05, 0) is 70.3 Å². The Morgan fingerprint density at radius 3 is 1.89 bits per heavy atom. The molecule has 0 unspecified atom stereocenters. The van der Waals surface area contributed by atoms with Gasteiger partial charge in [0.2, 0.25) is 41.4 Å². The molecular weight excluding hydrogens is 948 g/mol. The number of nitrogens with one attached hydrogen (secondary N) is 7. The molecule has 2 aliphatic rings. The zero-order chi connectivity index (χ0) is 54.0. The van der Waals surface area contributed by atoms with Crippen molar-refractivity contribution >= 4 is 64.6 Å². The number of anilines is 1. The van der Waals surface area contributed by atoms with Crippen molar-refractivity contribution < 1.29 is 66.2 Å². The maximum absolute atomic E-state index is 14.0. The summed E-state index contributed by atoms with van der Waals surface area (Å²) in [5.74, 6) is -6.97. The lowest BCUT2D eigenvalue weighted by atomic mass is 9.83. The van der Waals surface area contributed by atoms with Crippen LogP contribution in [0.15, 0.2) is 42.5 Å². The lowest BCUT2D eigenvalue weighted by Crippen LogP contribution is -2.58. The highest BCUT2D eigenvalue weighted by Gasteiger charge is 2.39. The Morgan fingerprint density at radius 2 is 1.31 bits per heavy atom. The lowest BCUT2D eigenvalue weighted by molar-refractivity contribution is -0.192. The molecule has 396 valence electrons. The molecule has 23 heteroatoms. The minimum atomic E-state index is -5.08. The number of nitrogens with zero attached hydrogens (tertiary/aromatic N) is 1. The molecular formula is C49H68F3N9O11. The summed E-state index contributed by atoms with van der Waals surface area (Å²) >= 11 is 0. The van der Waals surface area contributed by atoms with Crippen LogP contribution < -0.4 is 43.0 Å². The van der Waals surface area contributed by atoms with Gasteiger partial charge >= 0.3 is 12.1 Å². The van der Waals surface area contributed by atoms with Crippen LogP contribution in [0.5, 0.6) is 0 Å². The quantitative estimate of drug-likeness (QED) is 0.0617. The molecule has 2 aromatic rings. The maximum atomic E-state index is 14.0. The van der Waals surface area contributed by atoms with Gasteiger partial charge in [0.25, 0.3) is 0 Å². The Hall–Kier alpha value is -6.91. The van der Waals surface area contributed by atoms with Crippen LogP contribution in [-0.2, 0) is 38.4 Å². The average Bonchev–Trinajstić information content (AvgIpc) is 3.81. The summed E-state index contributed by atoms with van der Waals surface area (Å²) in [6, 6.07) is 6.27. The molecule has 10 N–H and O–H groups in total. The second-order valence-corrected chi connectivity index (χ2v) is 18.5. The van der Waals surface area contributed by atoms with Gasteiger partial charge in [0.1, 0.15) is 30.2 Å². The fourth-order valence-electron chi connectivity index (χ4n) is 7.91. The molecule has 0 saturated carbocycles. The van der Waals surface area contributed by atoms with Crippen LogP contribution in [0.25, 0.3) is 0 Å². The number of hydrogen-bond acceptors (Lipinski definition) is 12. The van der Waals surface area contributed by atoms with Crippen molar-refractivity contribution in [3.05, 3.63) is 64.7 Å². The van der Waals surface area contributed by atoms with Gasteiger partial charge in [0.15, 0.2) is 11.6 Å². The number of aliphatic carboxylic acids is 1. The second-order valence-electron chi connectivity index (χ2n) is 18.5. The third-order valence-electron chi connectivity index (χ3n) is 11.5. The standard InChI is InChI=1S/C47H67N9O9.C2HF3O2/c1-8-14-34(54-43(61)29(7)52-42(60)28(6)48)45(63)55-35(23-26(2)3)44(62)51-25-38(57)53-36(24-27(4)5)47(65)56-22-12-19-37(56)46(64)50-21-13-20-49-33-18-11-17-32-39(33)41(59)31-16-10-9-15-30(31)40(32)58;3-2(4,5)1(6)7/h9-11,15-18,26-29,34-37,49H,8,12-14,19-25,48H2,1-7H3,(H,50,64)(H,51,62)(H,52,60)(H,53,57)(H,54,61)(H,55,63);(H,6,7)/t28-,29-,34-,35-,36-,37-;/m0./s1. The van der Waals surface area contributed by atoms with Gasteiger partial charge in [-0.3, -0.25) is 43.2 Å². The number of halogens is 3. The number of benzene rings is 2. The number of nitrogens with two attached hydrogens (primary N) is 1. The molecule has 0 spiro atoms. The summed E-state index contributed by atoms with van der Waals surface area (Å²) in [7, 11) is 0. The van der Waals surface area contributed by atoms with Gasteiger partial charge in [-0.25, -0.2) is 4.79 Å². The van der Waals surface area contributed by atoms with E-state index in [-0.39, 0.29) is 55.1 Å². The molecule has 1 aliphatic heterocycles. The van der Waals surface area contributed by atoms with E-state index in [1.807, 2.05) is 34.6 Å². The van der Waals surface area contributed by atoms with Gasteiger partial charge in [-0.2, -0.15) is 13.2 Å². The number of carboxylic acid groups (broad SMARTS) is 1. The first-order valence-electron chi connectivity index (χ1n) is 24.0. The fraction of sp³-hybridized carbons (Fsp3) is 0.551. The number of ketones is 2. The van der Waals surface area contributed by atoms with Crippen LogP contribution in [0.2, 0.25) is 0 Å². The Balaban J connectivity index is 0.00000181. The van der Waals surface area contributed by atoms with E-state index in [0.717, 1.165) is 0 Å². The Labute approximate surface area is 416 Å². The fourth-order valence-corrected chi connectivity index (χ4v) is 7.91. The molecule has 2 aromatic carbocycles. The van der Waals surface area contributed by atoms with Crippen molar-refractivity contribution in [1.29, 1.82) is 0 Å². The third-order valence-corrected chi connectivity index (χ3v) is 11.5. The second kappa shape index (κ2) is 27.6. The van der Waals surface area contributed by atoms with E-state index in [9.17, 15) is 56.3 Å². The van der Waals surface area contributed by atoms with Crippen molar-refractivity contribution in [3.8, 4) is 0 Å². The third kappa shape index (κ3) is 17.4. The Morgan fingerprint density at radius 1 is 0.722 bits per heavy atom. The molecule has 0 bridgehead atoms. The first kappa shape index (κ1) is 59.4. The number of carbonyl (C=O) groups is 10. The number of fused-ring (bicyclic) bond motifs is 2. The SMILES string of the molecule is CCC[C@H](NC(=O)[C@H](C)NC(=O)[C@H](C)N)C(=O)N[C@@H](CC(C)C)C(=O)NCC(=O)N[C@@H](CC(C)C)C(=O)N1CCC[C@H]1C(=O)NCCCNc1cccc2c1C(=O)c1ccccc1C2=O.O=C(O)C(F)(F)F. The van der Waals surface area contributed by atoms with Gasteiger partial charge in [-0.15, -0.1) is 0 Å². The van der Waals surface area contributed by atoms with Gasteiger partial charge in [-0.1, -0.05) is 77.4 Å². The van der Waals surface area contributed by atoms with Crippen molar-refractivity contribution in [2.75, 3.05) is 31.5 Å². The first-order valence-corrected chi connectivity index (χ1v) is 24.0. The molecule has 0 radical (unpaired) electrons. The number of carboxylic acids is 1. The minimum Gasteiger partial charge on any atom is -0.475 e. The van der Waals surface area contributed by atoms with Crippen LogP contribution in [0.3, 0.4) is 0 Å². The molecule has 1 fully saturated rings. The van der Waals surface area contributed by atoms with Crippen molar-refractivity contribution in [2.24, 2.45) is 17.6 Å². The predicted molar refractivity (Wildman–Crippen MR) is 258 cm³/mol. The molecule has 20 nitrogen and oxygen atoms in total. The van der Waals surface area contributed by atoms with Crippen LogP contribution in [-0.4, -0.2) is 137 Å². The van der Waals surface area contributed by atoms with Crippen LogP contribution >= 0.6 is 0 Å². The minimum absolute atomic E-state index is 0.00901. The van der Waals surface area contributed by atoms with Crippen LogP contribution in [0.4, 0.5) is 18.9 Å². The normalized spacial score (nSPS) is 16.1. The number of likely N-dealkylation sites (tertiary alicyclic amines) is 1. The number of amides is 7. The molecule has 1 aliphatic carbocycles. The molecule has 1 heterocycles. The smallest absolute Gasteiger partial charge is 0.475 e. The highest BCUT2D eigenvalue weighted by atomic mass is 19.4. The molecule has 1 saturated heterocycles. The number of alkyl halides is 3. The summed E-state index contributed by atoms with van der Waals surface area (Å²) in [6.45, 7) is 12.8. The highest BCUT2D eigenvalue weighted by Crippen LogP contribution is 2.32. The largest absolute Gasteiger partial charge is 0.490 e. The molecule has 6 atom stereocenters.